The van der Waals surface area contributed by atoms with E-state index in [1.165, 1.54) is 5.30 Å². The van der Waals surface area contributed by atoms with Gasteiger partial charge < -0.3 is 0 Å². The second-order valence-corrected chi connectivity index (χ2v) is 3.24. The molecule has 0 aliphatic rings. The fraction of sp³-hybridized carbons (Fsp3) is 0. The zero-order valence-electron chi connectivity index (χ0n) is 5.28. The van der Waals surface area contributed by atoms with Crippen molar-refractivity contribution in [2.24, 2.45) is 0 Å². The second kappa shape index (κ2) is 7.86. The van der Waals surface area contributed by atoms with Crippen molar-refractivity contribution in [3.05, 3.63) is 30.3 Å². The average Bonchev–Trinajstić information content (AvgIpc) is 1.90. The van der Waals surface area contributed by atoms with E-state index in [1.54, 1.807) is 0 Å². The number of benzene rings is 1. The van der Waals surface area contributed by atoms with Gasteiger partial charge in [-0.15, -0.1) is 24.8 Å². The van der Waals surface area contributed by atoms with Crippen LogP contribution in [0.1, 0.15) is 0 Å². The first kappa shape index (κ1) is 13.4. The van der Waals surface area contributed by atoms with Gasteiger partial charge in [0.25, 0.3) is 0 Å². The largest absolute Gasteiger partial charge is 0.185 e. The zero-order chi connectivity index (χ0) is 5.82. The van der Waals surface area contributed by atoms with Crippen molar-refractivity contribution in [3.8, 4) is 0 Å². The molecule has 1 rings (SSSR count). The normalized spacial score (nSPS) is 8.40. The first-order valence-corrected chi connectivity index (χ1v) is 5.26. The molecule has 0 nitrogen and oxygen atoms in total. The van der Waals surface area contributed by atoms with Gasteiger partial charge >= 0.3 is 0 Å². The van der Waals surface area contributed by atoms with Crippen LogP contribution in [0.5, 0.6) is 0 Å². The van der Waals surface area contributed by atoms with Crippen LogP contribution in [0.3, 0.4) is 0 Å². The fourth-order valence-electron chi connectivity index (χ4n) is 0.534. The number of halogens is 2. The highest BCUT2D eigenvalue weighted by atomic mass is 35.5. The third-order valence-corrected chi connectivity index (χ3v) is 2.61. The molecule has 4 heteroatoms. The maximum atomic E-state index is 2.72. The topological polar surface area (TPSA) is 0 Å². The van der Waals surface area contributed by atoms with Crippen molar-refractivity contribution in [3.63, 3.8) is 0 Å². The smallest absolute Gasteiger partial charge is 0.173 e. The van der Waals surface area contributed by atoms with Crippen LogP contribution in [0.25, 0.3) is 0 Å². The van der Waals surface area contributed by atoms with Crippen LogP contribution in [0.4, 0.5) is 0 Å². The second-order valence-electron chi connectivity index (χ2n) is 1.51. The van der Waals surface area contributed by atoms with E-state index in [2.05, 4.69) is 40.1 Å². The van der Waals surface area contributed by atoms with E-state index in [9.17, 15) is 0 Å². The molecule has 54 valence electrons. The van der Waals surface area contributed by atoms with Crippen molar-refractivity contribution < 1.29 is 0 Å². The Labute approximate surface area is 83.4 Å². The van der Waals surface area contributed by atoms with Crippen LogP contribution >= 0.6 is 32.0 Å². The molecule has 0 aromatic heterocycles. The van der Waals surface area contributed by atoms with Gasteiger partial charge in [0.15, 0.2) is 15.8 Å². The number of hydrogen-bond donors (Lipinski definition) is 0. The van der Waals surface area contributed by atoms with E-state index in [0.29, 0.717) is 0 Å². The minimum atomic E-state index is 0. The van der Waals surface area contributed by atoms with E-state index in [4.69, 9.17) is 0 Å². The summed E-state index contributed by atoms with van der Waals surface area (Å²) in [5.74, 6) is 0. The molecule has 0 fully saturated rings. The molecule has 1 unspecified atom stereocenters. The molecular weight excluding hydrogens is 201 g/mol. The van der Waals surface area contributed by atoms with Crippen molar-refractivity contribution in [1.82, 2.24) is 0 Å². The third-order valence-electron chi connectivity index (χ3n) is 0.940. The third kappa shape index (κ3) is 4.56. The molecule has 1 aromatic rings. The molecule has 0 spiro atoms. The predicted molar refractivity (Wildman–Crippen MR) is 54.6 cm³/mol. The molecule has 0 N–H and O–H groups in total. The Bertz CT molecular complexity index is 157. The first-order chi connectivity index (χ1) is 3.93. The van der Waals surface area contributed by atoms with Crippen molar-refractivity contribution in [1.29, 1.82) is 0 Å². The predicted octanol–water partition coefficient (Wildman–Crippen LogP) is 1.92. The lowest BCUT2D eigenvalue weighted by molar-refractivity contribution is 1.78. The lowest BCUT2D eigenvalue weighted by atomic mass is 10.4. The molecular formula is C6H8AlCl2P. The Kier molecular flexibility index (Phi) is 10.5. The summed E-state index contributed by atoms with van der Waals surface area (Å²) in [4.78, 5) is 0. The molecule has 0 aliphatic heterocycles. The van der Waals surface area contributed by atoms with E-state index in [0.717, 1.165) is 7.23 Å². The highest BCUT2D eigenvalue weighted by Gasteiger charge is 1.78. The molecule has 0 amide bonds. The van der Waals surface area contributed by atoms with Gasteiger partial charge in [-0.1, -0.05) is 30.3 Å². The Morgan fingerprint density at radius 3 is 1.80 bits per heavy atom. The highest BCUT2D eigenvalue weighted by Crippen LogP contribution is 1.99. The van der Waals surface area contributed by atoms with E-state index < -0.39 is 0 Å². The molecule has 0 saturated carbocycles. The highest BCUT2D eigenvalue weighted by molar-refractivity contribution is 7.73. The van der Waals surface area contributed by atoms with Gasteiger partial charge in [0.2, 0.25) is 0 Å². The van der Waals surface area contributed by atoms with Gasteiger partial charge in [0.1, 0.15) is 0 Å². The summed E-state index contributed by atoms with van der Waals surface area (Å²) in [6, 6.07) is 10.4. The van der Waals surface area contributed by atoms with E-state index in [1.807, 2.05) is 6.07 Å². The van der Waals surface area contributed by atoms with Gasteiger partial charge in [-0.2, -0.15) is 7.23 Å². The first-order valence-electron chi connectivity index (χ1n) is 2.45. The van der Waals surface area contributed by atoms with E-state index in [-0.39, 0.29) is 24.8 Å². The summed E-state index contributed by atoms with van der Waals surface area (Å²) in [6.07, 6.45) is 0. The summed E-state index contributed by atoms with van der Waals surface area (Å²) in [7, 11) is 0.847. The van der Waals surface area contributed by atoms with Crippen molar-refractivity contribution >= 4 is 53.2 Å². The maximum absolute atomic E-state index is 2.72. The van der Waals surface area contributed by atoms with Crippen LogP contribution in [0.2, 0.25) is 0 Å². The summed E-state index contributed by atoms with van der Waals surface area (Å²) in [6.45, 7) is 0. The maximum Gasteiger partial charge on any atom is 0.173 e. The Hall–Kier alpha value is 0.762. The number of rotatable bonds is 1. The van der Waals surface area contributed by atoms with Crippen LogP contribution < -0.4 is 5.30 Å². The Morgan fingerprint density at radius 2 is 1.50 bits per heavy atom. The van der Waals surface area contributed by atoms with Gasteiger partial charge in [0, 0.05) is 0 Å². The summed E-state index contributed by atoms with van der Waals surface area (Å²) in [5.41, 5.74) is 0. The average molecular weight is 209 g/mol. The molecule has 0 saturated heterocycles. The molecule has 10 heavy (non-hydrogen) atoms. The van der Waals surface area contributed by atoms with Gasteiger partial charge in [-0.25, -0.2) is 0 Å². The monoisotopic (exact) mass is 208 g/mol. The Balaban J connectivity index is 0. The van der Waals surface area contributed by atoms with Gasteiger partial charge in [-0.05, 0) is 5.30 Å². The van der Waals surface area contributed by atoms with Crippen LogP contribution in [0.15, 0.2) is 30.3 Å². The minimum absolute atomic E-state index is 0. The van der Waals surface area contributed by atoms with Gasteiger partial charge in [-0.3, -0.25) is 0 Å². The minimum Gasteiger partial charge on any atom is -0.185 e. The van der Waals surface area contributed by atoms with E-state index >= 15 is 0 Å². The van der Waals surface area contributed by atoms with Crippen molar-refractivity contribution in [2.45, 2.75) is 0 Å². The van der Waals surface area contributed by atoms with Crippen LogP contribution in [0, 0.1) is 0 Å². The molecule has 0 heterocycles. The lowest BCUT2D eigenvalue weighted by Crippen LogP contribution is -1.88. The van der Waals surface area contributed by atoms with Crippen LogP contribution in [-0.4, -0.2) is 15.8 Å². The zero-order valence-corrected chi connectivity index (χ0v) is 9.07. The molecule has 0 aliphatic carbocycles. The van der Waals surface area contributed by atoms with Gasteiger partial charge in [0.05, 0.1) is 0 Å². The quantitative estimate of drug-likeness (QED) is 0.489. The van der Waals surface area contributed by atoms with Crippen molar-refractivity contribution in [2.75, 3.05) is 0 Å². The van der Waals surface area contributed by atoms with Crippen LogP contribution in [-0.2, 0) is 0 Å². The standard InChI is InChI=1S/C6H6P.Al.2ClH/c7-6-4-2-1-3-5-6;;;/h1-5,7H;;2*1H/q-1;+1;;. The molecule has 1 atom stereocenters. The fourth-order valence-corrected chi connectivity index (χ4v) is 1.50. The summed E-state index contributed by atoms with van der Waals surface area (Å²) >= 11 is 2.72. The molecule has 1 aromatic carbocycles. The Morgan fingerprint density at radius 1 is 1.00 bits per heavy atom. The lowest BCUT2D eigenvalue weighted by Gasteiger charge is -1.91. The number of hydrogen-bond acceptors (Lipinski definition) is 0. The summed E-state index contributed by atoms with van der Waals surface area (Å²) in [5, 5.41) is 1.40. The summed E-state index contributed by atoms with van der Waals surface area (Å²) < 4.78 is 0. The molecule has 2 radical (unpaired) electrons. The molecule has 0 bridgehead atoms. The SMILES string of the molecule is Cl.Cl.[Al][PH]c1ccccc1.